The zero-order chi connectivity index (χ0) is 14.5. The number of ether oxygens (including phenoxy) is 1. The summed E-state index contributed by atoms with van der Waals surface area (Å²) in [6.45, 7) is 8.43. The maximum Gasteiger partial charge on any atom is 0.335 e. The van der Waals surface area contributed by atoms with Crippen LogP contribution in [0.4, 0.5) is 5.69 Å². The standard InChI is InChI=1S/C16H17NO3/c1-10(2)9-17-13-7-5-4-6-12(13)16(15(17)19)8-11(3)14(18)20-16/h4-7,10H,3,8-9H2,1-2H3. The zero-order valence-corrected chi connectivity index (χ0v) is 11.7. The summed E-state index contributed by atoms with van der Waals surface area (Å²) in [4.78, 5) is 26.3. The van der Waals surface area contributed by atoms with Crippen LogP contribution in [-0.4, -0.2) is 18.4 Å². The Morgan fingerprint density at radius 2 is 2.05 bits per heavy atom. The molecule has 0 saturated carbocycles. The van der Waals surface area contributed by atoms with Gasteiger partial charge in [0.1, 0.15) is 0 Å². The van der Waals surface area contributed by atoms with E-state index in [1.54, 1.807) is 4.90 Å². The predicted octanol–water partition coefficient (Wildman–Crippen LogP) is 2.39. The Morgan fingerprint density at radius 3 is 2.65 bits per heavy atom. The summed E-state index contributed by atoms with van der Waals surface area (Å²) in [5.41, 5.74) is 0.797. The monoisotopic (exact) mass is 271 g/mol. The average Bonchev–Trinajstić information content (AvgIpc) is 2.81. The molecule has 1 amide bonds. The van der Waals surface area contributed by atoms with E-state index in [4.69, 9.17) is 4.74 Å². The first-order valence-electron chi connectivity index (χ1n) is 6.78. The van der Waals surface area contributed by atoms with E-state index < -0.39 is 11.6 Å². The van der Waals surface area contributed by atoms with E-state index in [-0.39, 0.29) is 12.3 Å². The number of hydrogen-bond donors (Lipinski definition) is 0. The first-order chi connectivity index (χ1) is 9.45. The largest absolute Gasteiger partial charge is 0.440 e. The molecule has 2 aliphatic rings. The van der Waals surface area contributed by atoms with Crippen LogP contribution in [0.1, 0.15) is 25.8 Å². The molecule has 1 aromatic rings. The summed E-state index contributed by atoms with van der Waals surface area (Å²) >= 11 is 0. The number of rotatable bonds is 2. The van der Waals surface area contributed by atoms with Crippen molar-refractivity contribution in [1.29, 1.82) is 0 Å². The number of hydrogen-bond acceptors (Lipinski definition) is 3. The van der Waals surface area contributed by atoms with Crippen LogP contribution in [0.5, 0.6) is 0 Å². The number of benzene rings is 1. The van der Waals surface area contributed by atoms with Gasteiger partial charge in [0.05, 0.1) is 5.69 Å². The Kier molecular flexibility index (Phi) is 2.71. The Labute approximate surface area is 118 Å². The fraction of sp³-hybridized carbons (Fsp3) is 0.375. The highest BCUT2D eigenvalue weighted by Crippen LogP contribution is 2.49. The first-order valence-corrected chi connectivity index (χ1v) is 6.78. The first kappa shape index (κ1) is 12.9. The quantitative estimate of drug-likeness (QED) is 0.613. The van der Waals surface area contributed by atoms with Crippen molar-refractivity contribution in [3.63, 3.8) is 0 Å². The van der Waals surface area contributed by atoms with Crippen molar-refractivity contribution in [2.24, 2.45) is 5.92 Å². The van der Waals surface area contributed by atoms with Gasteiger partial charge in [-0.25, -0.2) is 4.79 Å². The fourth-order valence-corrected chi connectivity index (χ4v) is 2.95. The van der Waals surface area contributed by atoms with Gasteiger partial charge in [-0.15, -0.1) is 0 Å². The van der Waals surface area contributed by atoms with Crippen LogP contribution < -0.4 is 4.90 Å². The van der Waals surface area contributed by atoms with Crippen LogP contribution in [0.25, 0.3) is 0 Å². The van der Waals surface area contributed by atoms with E-state index in [2.05, 4.69) is 20.4 Å². The molecule has 1 saturated heterocycles. The van der Waals surface area contributed by atoms with Gasteiger partial charge in [0.2, 0.25) is 5.60 Å². The van der Waals surface area contributed by atoms with Gasteiger partial charge >= 0.3 is 5.97 Å². The molecule has 20 heavy (non-hydrogen) atoms. The third-order valence-electron chi connectivity index (χ3n) is 3.79. The topological polar surface area (TPSA) is 46.6 Å². The Morgan fingerprint density at radius 1 is 1.35 bits per heavy atom. The lowest BCUT2D eigenvalue weighted by molar-refractivity contribution is -0.156. The molecule has 1 atom stereocenters. The van der Waals surface area contributed by atoms with Crippen LogP contribution in [-0.2, 0) is 19.9 Å². The molecule has 1 unspecified atom stereocenters. The summed E-state index contributed by atoms with van der Waals surface area (Å²) in [7, 11) is 0. The average molecular weight is 271 g/mol. The number of esters is 1. The van der Waals surface area contributed by atoms with E-state index in [1.807, 2.05) is 24.3 Å². The molecule has 0 bridgehead atoms. The third kappa shape index (κ3) is 1.60. The van der Waals surface area contributed by atoms with Crippen molar-refractivity contribution < 1.29 is 14.3 Å². The van der Waals surface area contributed by atoms with E-state index in [0.29, 0.717) is 18.0 Å². The van der Waals surface area contributed by atoms with Crippen molar-refractivity contribution in [2.75, 3.05) is 11.4 Å². The molecule has 104 valence electrons. The van der Waals surface area contributed by atoms with E-state index in [1.165, 1.54) is 0 Å². The van der Waals surface area contributed by atoms with Crippen LogP contribution in [0.3, 0.4) is 0 Å². The number of fused-ring (bicyclic) bond motifs is 2. The molecule has 2 heterocycles. The minimum Gasteiger partial charge on any atom is -0.440 e. The Balaban J connectivity index is 2.12. The van der Waals surface area contributed by atoms with Gasteiger partial charge in [-0.3, -0.25) is 4.79 Å². The van der Waals surface area contributed by atoms with Crippen LogP contribution >= 0.6 is 0 Å². The molecule has 2 aliphatic heterocycles. The molecule has 0 N–H and O–H groups in total. The van der Waals surface area contributed by atoms with Crippen molar-refractivity contribution in [3.8, 4) is 0 Å². The van der Waals surface area contributed by atoms with Crippen LogP contribution in [0, 0.1) is 5.92 Å². The van der Waals surface area contributed by atoms with Crippen molar-refractivity contribution >= 4 is 17.6 Å². The second-order valence-corrected chi connectivity index (χ2v) is 5.82. The van der Waals surface area contributed by atoms with Gasteiger partial charge in [-0.1, -0.05) is 38.6 Å². The second kappa shape index (κ2) is 4.20. The Hall–Kier alpha value is -2.10. The minimum absolute atomic E-state index is 0.153. The highest BCUT2D eigenvalue weighted by molar-refractivity contribution is 6.11. The maximum absolute atomic E-state index is 12.8. The molecule has 4 nitrogen and oxygen atoms in total. The van der Waals surface area contributed by atoms with Gasteiger partial charge in [-0.05, 0) is 12.0 Å². The number of amides is 1. The second-order valence-electron chi connectivity index (χ2n) is 5.82. The summed E-state index contributed by atoms with van der Waals surface area (Å²) in [6.07, 6.45) is 0.246. The van der Waals surface area contributed by atoms with E-state index >= 15 is 0 Å². The number of anilines is 1. The Bertz CT molecular complexity index is 602. The van der Waals surface area contributed by atoms with Crippen molar-refractivity contribution in [3.05, 3.63) is 42.0 Å². The molecule has 1 fully saturated rings. The molecule has 1 aromatic carbocycles. The van der Waals surface area contributed by atoms with Crippen molar-refractivity contribution in [1.82, 2.24) is 0 Å². The third-order valence-corrected chi connectivity index (χ3v) is 3.79. The predicted molar refractivity (Wildman–Crippen MR) is 75.2 cm³/mol. The highest BCUT2D eigenvalue weighted by atomic mass is 16.6. The fourth-order valence-electron chi connectivity index (χ4n) is 2.95. The van der Waals surface area contributed by atoms with Gasteiger partial charge < -0.3 is 9.64 Å². The summed E-state index contributed by atoms with van der Waals surface area (Å²) in [6, 6.07) is 7.52. The lowest BCUT2D eigenvalue weighted by Gasteiger charge is -2.23. The number of nitrogens with zero attached hydrogens (tertiary/aromatic N) is 1. The molecule has 4 heteroatoms. The maximum atomic E-state index is 12.8. The van der Waals surface area contributed by atoms with Gasteiger partial charge in [0, 0.05) is 24.1 Å². The molecule has 3 rings (SSSR count). The lowest BCUT2D eigenvalue weighted by Crippen LogP contribution is -2.41. The van der Waals surface area contributed by atoms with Crippen LogP contribution in [0.2, 0.25) is 0 Å². The van der Waals surface area contributed by atoms with Crippen molar-refractivity contribution in [2.45, 2.75) is 25.9 Å². The lowest BCUT2D eigenvalue weighted by atomic mass is 9.91. The van der Waals surface area contributed by atoms with Crippen LogP contribution in [0.15, 0.2) is 36.4 Å². The number of carbonyl (C=O) groups excluding carboxylic acids is 2. The van der Waals surface area contributed by atoms with E-state index in [9.17, 15) is 9.59 Å². The molecule has 0 aromatic heterocycles. The number of para-hydroxylation sites is 1. The van der Waals surface area contributed by atoms with Gasteiger partial charge in [0.25, 0.3) is 5.91 Å². The molecule has 0 radical (unpaired) electrons. The van der Waals surface area contributed by atoms with Gasteiger partial charge in [-0.2, -0.15) is 0 Å². The molecule has 1 spiro atoms. The SMILES string of the molecule is C=C1CC2(OC1=O)C(=O)N(CC(C)C)c1ccccc12. The molecule has 0 aliphatic carbocycles. The molecular weight excluding hydrogens is 254 g/mol. The summed E-state index contributed by atoms with van der Waals surface area (Å²) in [5, 5.41) is 0. The molecular formula is C16H17NO3. The summed E-state index contributed by atoms with van der Waals surface area (Å²) in [5.74, 6) is -0.290. The highest BCUT2D eigenvalue weighted by Gasteiger charge is 2.58. The van der Waals surface area contributed by atoms with E-state index in [0.717, 1.165) is 11.3 Å². The minimum atomic E-state index is -1.18. The number of carbonyl (C=O) groups is 2. The smallest absolute Gasteiger partial charge is 0.335 e. The summed E-state index contributed by atoms with van der Waals surface area (Å²) < 4.78 is 5.44. The zero-order valence-electron chi connectivity index (χ0n) is 11.7. The van der Waals surface area contributed by atoms with Gasteiger partial charge in [0.15, 0.2) is 0 Å². The normalized spacial score (nSPS) is 24.8.